The number of hydrogen-bond acceptors (Lipinski definition) is 4. The zero-order valence-electron chi connectivity index (χ0n) is 9.43. The maximum atomic E-state index is 9.16. The lowest BCUT2D eigenvalue weighted by molar-refractivity contribution is 0.0235. The van der Waals surface area contributed by atoms with Crippen molar-refractivity contribution in [2.24, 2.45) is 16.8 Å². The van der Waals surface area contributed by atoms with Gasteiger partial charge in [0.15, 0.2) is 0 Å². The summed E-state index contributed by atoms with van der Waals surface area (Å²) in [5.41, 5.74) is 5.44. The van der Waals surface area contributed by atoms with E-state index in [2.05, 4.69) is 10.1 Å². The van der Waals surface area contributed by atoms with E-state index in [9.17, 15) is 0 Å². The fourth-order valence-electron chi connectivity index (χ4n) is 1.94. The van der Waals surface area contributed by atoms with Crippen molar-refractivity contribution in [3.05, 3.63) is 0 Å². The largest absolute Gasteiger partial charge is 0.409 e. The summed E-state index contributed by atoms with van der Waals surface area (Å²) in [5.74, 6) is 0.864. The van der Waals surface area contributed by atoms with Crippen LogP contribution in [0.2, 0.25) is 0 Å². The fraction of sp³-hybridized carbons (Fsp3) is 0.900. The van der Waals surface area contributed by atoms with Crippen LogP contribution in [-0.2, 0) is 0 Å². The SMILES string of the molecule is CC(CC(N)=NO)N(C)CC1CC(O)C1. The van der Waals surface area contributed by atoms with Crippen molar-refractivity contribution in [1.29, 1.82) is 0 Å². The van der Waals surface area contributed by atoms with E-state index in [0.29, 0.717) is 12.3 Å². The second-order valence-corrected chi connectivity index (χ2v) is 4.58. The number of rotatable bonds is 5. The molecule has 0 aromatic heterocycles. The number of amidine groups is 1. The first-order valence-corrected chi connectivity index (χ1v) is 5.37. The summed E-state index contributed by atoms with van der Waals surface area (Å²) >= 11 is 0. The van der Waals surface area contributed by atoms with Gasteiger partial charge in [-0.05, 0) is 32.7 Å². The molecule has 0 aromatic carbocycles. The number of aliphatic hydroxyl groups is 1. The Kier molecular flexibility index (Phi) is 4.35. The summed E-state index contributed by atoms with van der Waals surface area (Å²) in [6.07, 6.45) is 2.28. The first-order chi connectivity index (χ1) is 7.02. The minimum Gasteiger partial charge on any atom is -0.409 e. The van der Waals surface area contributed by atoms with E-state index in [1.807, 2.05) is 14.0 Å². The van der Waals surface area contributed by atoms with Crippen molar-refractivity contribution in [3.8, 4) is 0 Å². The highest BCUT2D eigenvalue weighted by atomic mass is 16.4. The number of nitrogens with two attached hydrogens (primary N) is 1. The Balaban J connectivity index is 2.24. The Labute approximate surface area is 90.6 Å². The lowest BCUT2D eigenvalue weighted by Gasteiger charge is -2.36. The maximum Gasteiger partial charge on any atom is 0.140 e. The summed E-state index contributed by atoms with van der Waals surface area (Å²) in [6, 6.07) is 0.263. The van der Waals surface area contributed by atoms with Crippen LogP contribution in [0.1, 0.15) is 26.2 Å². The topological polar surface area (TPSA) is 82.1 Å². The van der Waals surface area contributed by atoms with Gasteiger partial charge >= 0.3 is 0 Å². The van der Waals surface area contributed by atoms with Crippen molar-refractivity contribution in [2.45, 2.75) is 38.3 Å². The number of aliphatic hydroxyl groups excluding tert-OH is 1. The smallest absolute Gasteiger partial charge is 0.140 e. The number of hydrogen-bond donors (Lipinski definition) is 3. The van der Waals surface area contributed by atoms with E-state index >= 15 is 0 Å². The highest BCUT2D eigenvalue weighted by Crippen LogP contribution is 2.28. The Morgan fingerprint density at radius 1 is 1.60 bits per heavy atom. The Bertz CT molecular complexity index is 227. The molecule has 0 aromatic rings. The van der Waals surface area contributed by atoms with Crippen LogP contribution >= 0.6 is 0 Å². The molecule has 5 nitrogen and oxygen atoms in total. The van der Waals surface area contributed by atoms with Crippen LogP contribution in [0.25, 0.3) is 0 Å². The van der Waals surface area contributed by atoms with Gasteiger partial charge in [-0.1, -0.05) is 5.16 Å². The lowest BCUT2D eigenvalue weighted by Crippen LogP contribution is -2.41. The molecule has 1 aliphatic rings. The molecule has 1 fully saturated rings. The minimum atomic E-state index is -0.0946. The molecule has 0 bridgehead atoms. The van der Waals surface area contributed by atoms with E-state index in [-0.39, 0.29) is 18.0 Å². The predicted octanol–water partition coefficient (Wildman–Crippen LogP) is 0.214. The fourth-order valence-corrected chi connectivity index (χ4v) is 1.94. The zero-order valence-corrected chi connectivity index (χ0v) is 9.43. The van der Waals surface area contributed by atoms with Crippen LogP contribution in [-0.4, -0.2) is 46.8 Å². The molecule has 1 rings (SSSR count). The van der Waals surface area contributed by atoms with E-state index in [1.54, 1.807) is 0 Å². The van der Waals surface area contributed by atoms with Crippen LogP contribution in [0.15, 0.2) is 5.16 Å². The third kappa shape index (κ3) is 3.68. The van der Waals surface area contributed by atoms with E-state index in [0.717, 1.165) is 19.4 Å². The molecule has 88 valence electrons. The van der Waals surface area contributed by atoms with Gasteiger partial charge in [-0.15, -0.1) is 0 Å². The molecule has 1 aliphatic carbocycles. The van der Waals surface area contributed by atoms with Gasteiger partial charge in [-0.25, -0.2) is 0 Å². The number of oxime groups is 1. The summed E-state index contributed by atoms with van der Waals surface area (Å²) in [5, 5.41) is 20.6. The molecular weight excluding hydrogens is 194 g/mol. The van der Waals surface area contributed by atoms with Gasteiger partial charge in [0.25, 0.3) is 0 Å². The van der Waals surface area contributed by atoms with Gasteiger partial charge in [0.05, 0.1) is 6.10 Å². The van der Waals surface area contributed by atoms with Gasteiger partial charge in [0, 0.05) is 19.0 Å². The highest BCUT2D eigenvalue weighted by molar-refractivity contribution is 5.80. The van der Waals surface area contributed by atoms with Gasteiger partial charge in [0.1, 0.15) is 5.84 Å². The molecular formula is C10H21N3O2. The summed E-state index contributed by atoms with van der Waals surface area (Å²) in [4.78, 5) is 2.19. The molecule has 0 heterocycles. The molecule has 0 aliphatic heterocycles. The first-order valence-electron chi connectivity index (χ1n) is 5.37. The van der Waals surface area contributed by atoms with Crippen molar-refractivity contribution in [2.75, 3.05) is 13.6 Å². The molecule has 5 heteroatoms. The van der Waals surface area contributed by atoms with Gasteiger partial charge in [-0.2, -0.15) is 0 Å². The molecule has 0 radical (unpaired) electrons. The molecule has 1 unspecified atom stereocenters. The van der Waals surface area contributed by atoms with E-state index in [1.165, 1.54) is 0 Å². The molecule has 1 atom stereocenters. The van der Waals surface area contributed by atoms with E-state index in [4.69, 9.17) is 16.0 Å². The lowest BCUT2D eigenvalue weighted by atomic mass is 9.82. The number of nitrogens with zero attached hydrogens (tertiary/aromatic N) is 2. The second-order valence-electron chi connectivity index (χ2n) is 4.58. The molecule has 15 heavy (non-hydrogen) atoms. The van der Waals surface area contributed by atoms with Crippen molar-refractivity contribution in [1.82, 2.24) is 4.90 Å². The van der Waals surface area contributed by atoms with Crippen LogP contribution in [0, 0.1) is 5.92 Å². The monoisotopic (exact) mass is 215 g/mol. The molecule has 0 amide bonds. The van der Waals surface area contributed by atoms with Gasteiger partial charge < -0.3 is 20.9 Å². The van der Waals surface area contributed by atoms with E-state index < -0.39 is 0 Å². The highest BCUT2D eigenvalue weighted by Gasteiger charge is 2.28. The quantitative estimate of drug-likeness (QED) is 0.265. The second kappa shape index (κ2) is 5.32. The molecule has 0 saturated heterocycles. The van der Waals surface area contributed by atoms with Crippen molar-refractivity contribution < 1.29 is 10.3 Å². The Morgan fingerprint density at radius 3 is 2.67 bits per heavy atom. The normalized spacial score (nSPS) is 28.9. The molecule has 1 saturated carbocycles. The maximum absolute atomic E-state index is 9.16. The standard InChI is InChI=1S/C10H21N3O2/c1-7(3-10(11)12-15)13(2)6-8-4-9(14)5-8/h7-9,14-15H,3-6H2,1-2H3,(H2,11,12). The molecule has 0 spiro atoms. The summed E-state index contributed by atoms with van der Waals surface area (Å²) < 4.78 is 0. The average molecular weight is 215 g/mol. The van der Waals surface area contributed by atoms with Crippen LogP contribution in [0.3, 0.4) is 0 Å². The van der Waals surface area contributed by atoms with Crippen LogP contribution in [0.4, 0.5) is 0 Å². The van der Waals surface area contributed by atoms with Gasteiger partial charge in [0.2, 0.25) is 0 Å². The van der Waals surface area contributed by atoms with Crippen LogP contribution in [0.5, 0.6) is 0 Å². The minimum absolute atomic E-state index is 0.0946. The molecule has 4 N–H and O–H groups in total. The Hall–Kier alpha value is -0.810. The third-order valence-corrected chi connectivity index (χ3v) is 3.14. The average Bonchev–Trinajstić information content (AvgIpc) is 2.15. The Morgan fingerprint density at radius 2 is 2.20 bits per heavy atom. The summed E-state index contributed by atoms with van der Waals surface area (Å²) in [7, 11) is 2.03. The summed E-state index contributed by atoms with van der Waals surface area (Å²) in [6.45, 7) is 3.02. The first kappa shape index (κ1) is 12.3. The van der Waals surface area contributed by atoms with Gasteiger partial charge in [-0.3, -0.25) is 0 Å². The van der Waals surface area contributed by atoms with Crippen molar-refractivity contribution >= 4 is 5.84 Å². The zero-order chi connectivity index (χ0) is 11.4. The third-order valence-electron chi connectivity index (χ3n) is 3.14. The van der Waals surface area contributed by atoms with Crippen molar-refractivity contribution in [3.63, 3.8) is 0 Å². The predicted molar refractivity (Wildman–Crippen MR) is 58.8 cm³/mol. The van der Waals surface area contributed by atoms with Crippen LogP contribution < -0.4 is 5.73 Å².